The molecule has 1 aromatic carbocycles. The molecule has 0 spiro atoms. The first kappa shape index (κ1) is 22.2. The van der Waals surface area contributed by atoms with Crippen molar-refractivity contribution in [3.05, 3.63) is 36.0 Å². The van der Waals surface area contributed by atoms with Crippen molar-refractivity contribution in [3.63, 3.8) is 0 Å². The van der Waals surface area contributed by atoms with Crippen molar-refractivity contribution >= 4 is 40.4 Å². The van der Waals surface area contributed by atoms with Crippen LogP contribution in [0.2, 0.25) is 0 Å². The molecule has 0 saturated carbocycles. The summed E-state index contributed by atoms with van der Waals surface area (Å²) in [5.41, 5.74) is 1.42. The molecule has 2 N–H and O–H groups in total. The molecule has 10 nitrogen and oxygen atoms in total. The summed E-state index contributed by atoms with van der Waals surface area (Å²) in [5, 5.41) is 6.46. The van der Waals surface area contributed by atoms with Crippen LogP contribution < -0.4 is 10.6 Å². The van der Waals surface area contributed by atoms with Gasteiger partial charge in [-0.1, -0.05) is 13.8 Å². The number of hydrogen-bond acceptors (Lipinski definition) is 7. The van der Waals surface area contributed by atoms with Gasteiger partial charge in [0.1, 0.15) is 0 Å². The zero-order chi connectivity index (χ0) is 22.4. The summed E-state index contributed by atoms with van der Waals surface area (Å²) in [6.07, 6.45) is 0.587. The summed E-state index contributed by atoms with van der Waals surface area (Å²) in [6.45, 7) is 7.27. The van der Waals surface area contributed by atoms with Crippen LogP contribution in [0.15, 0.2) is 30.5 Å². The summed E-state index contributed by atoms with van der Waals surface area (Å²) in [6, 6.07) is 6.59. The van der Waals surface area contributed by atoms with E-state index in [1.807, 2.05) is 0 Å². The average molecular weight is 427 g/mol. The molecule has 4 amide bonds. The lowest BCUT2D eigenvalue weighted by atomic mass is 10.1. The number of carbonyl (C=O) groups is 4. The molecule has 0 radical (unpaired) electrons. The van der Waals surface area contributed by atoms with Gasteiger partial charge in [-0.25, -0.2) is 4.79 Å². The summed E-state index contributed by atoms with van der Waals surface area (Å²) in [4.78, 5) is 58.9. The number of likely N-dealkylation sites (N-methyl/N-ethyl adjacent to an activating group) is 1. The average Bonchev–Trinajstić information content (AvgIpc) is 3.08. The zero-order valence-electron chi connectivity index (χ0n) is 17.5. The second kappa shape index (κ2) is 9.98. The van der Waals surface area contributed by atoms with Crippen molar-refractivity contribution in [2.24, 2.45) is 0 Å². The van der Waals surface area contributed by atoms with Gasteiger partial charge in [0.05, 0.1) is 11.1 Å². The van der Waals surface area contributed by atoms with Crippen LogP contribution in [0.5, 0.6) is 0 Å². The first-order valence-corrected chi connectivity index (χ1v) is 10.2. The van der Waals surface area contributed by atoms with Gasteiger partial charge in [-0.3, -0.25) is 24.7 Å². The Morgan fingerprint density at radius 1 is 1.13 bits per heavy atom. The van der Waals surface area contributed by atoms with Crippen LogP contribution in [0.1, 0.15) is 37.0 Å². The summed E-state index contributed by atoms with van der Waals surface area (Å²) >= 11 is 0. The Hall–Kier alpha value is -3.53. The fourth-order valence-electron chi connectivity index (χ4n) is 3.18. The van der Waals surface area contributed by atoms with E-state index in [1.165, 1.54) is 6.20 Å². The maximum absolute atomic E-state index is 12.4. The number of pyridine rings is 1. The Labute approximate surface area is 179 Å². The third kappa shape index (κ3) is 5.54. The molecule has 164 valence electrons. The maximum atomic E-state index is 12.4. The molecule has 1 aromatic heterocycles. The Morgan fingerprint density at radius 3 is 2.52 bits per heavy atom. The van der Waals surface area contributed by atoms with Gasteiger partial charge in [0, 0.05) is 43.2 Å². The number of imide groups is 1. The minimum atomic E-state index is -0.957. The van der Waals surface area contributed by atoms with Crippen LogP contribution in [0.3, 0.4) is 0 Å². The minimum Gasteiger partial charge on any atom is -0.351 e. The van der Waals surface area contributed by atoms with Crippen molar-refractivity contribution < 1.29 is 24.0 Å². The van der Waals surface area contributed by atoms with Gasteiger partial charge in [-0.2, -0.15) is 0 Å². The van der Waals surface area contributed by atoms with Gasteiger partial charge < -0.3 is 15.1 Å². The van der Waals surface area contributed by atoms with E-state index in [2.05, 4.69) is 34.4 Å². The second-order valence-electron chi connectivity index (χ2n) is 7.00. The number of amides is 4. The number of anilines is 1. The van der Waals surface area contributed by atoms with Gasteiger partial charge in [0.25, 0.3) is 17.7 Å². The smallest absolute Gasteiger partial charge is 0.351 e. The molecule has 1 fully saturated rings. The highest BCUT2D eigenvalue weighted by Gasteiger charge is 2.32. The molecule has 1 aliphatic rings. The van der Waals surface area contributed by atoms with Crippen LogP contribution >= 0.6 is 0 Å². The van der Waals surface area contributed by atoms with E-state index in [0.29, 0.717) is 33.8 Å². The quantitative estimate of drug-likeness (QED) is 0.617. The first-order chi connectivity index (χ1) is 14.9. The largest absolute Gasteiger partial charge is 0.436 e. The predicted octanol–water partition coefficient (Wildman–Crippen LogP) is 1.92. The molecule has 10 heteroatoms. The third-order valence-corrected chi connectivity index (χ3v) is 4.98. The van der Waals surface area contributed by atoms with E-state index in [-0.39, 0.29) is 18.7 Å². The lowest BCUT2D eigenvalue weighted by molar-refractivity contribution is -0.170. The number of fused-ring (bicyclic) bond motifs is 1. The summed E-state index contributed by atoms with van der Waals surface area (Å²) in [7, 11) is 0. The van der Waals surface area contributed by atoms with Crippen molar-refractivity contribution in [1.29, 1.82) is 0 Å². The van der Waals surface area contributed by atoms with Gasteiger partial charge in [-0.05, 0) is 37.4 Å². The molecule has 31 heavy (non-hydrogen) atoms. The van der Waals surface area contributed by atoms with Crippen LogP contribution in [0.4, 0.5) is 10.5 Å². The van der Waals surface area contributed by atoms with E-state index >= 15 is 0 Å². The molecule has 0 bridgehead atoms. The maximum Gasteiger partial charge on any atom is 0.436 e. The van der Waals surface area contributed by atoms with E-state index in [1.54, 1.807) is 24.3 Å². The Morgan fingerprint density at radius 2 is 1.84 bits per heavy atom. The Bertz CT molecular complexity index is 989. The lowest BCUT2D eigenvalue weighted by Crippen LogP contribution is -2.34. The molecule has 0 aliphatic carbocycles. The van der Waals surface area contributed by atoms with Crippen LogP contribution in [0, 0.1) is 0 Å². The molecule has 0 unspecified atom stereocenters. The number of hydroxylamine groups is 2. The molecule has 2 heterocycles. The number of hydrogen-bond donors (Lipinski definition) is 2. The van der Waals surface area contributed by atoms with Gasteiger partial charge in [0.15, 0.2) is 0 Å². The fourth-order valence-corrected chi connectivity index (χ4v) is 3.18. The zero-order valence-corrected chi connectivity index (χ0v) is 17.5. The second-order valence-corrected chi connectivity index (χ2v) is 7.00. The molecule has 2 aromatic rings. The molecular formula is C21H25N5O5. The highest BCUT2D eigenvalue weighted by Crippen LogP contribution is 2.20. The molecular weight excluding hydrogens is 402 g/mol. The summed E-state index contributed by atoms with van der Waals surface area (Å²) in [5.74, 6) is -1.34. The van der Waals surface area contributed by atoms with Crippen LogP contribution in [0.25, 0.3) is 10.9 Å². The van der Waals surface area contributed by atoms with Gasteiger partial charge in [0.2, 0.25) is 0 Å². The van der Waals surface area contributed by atoms with E-state index in [9.17, 15) is 19.2 Å². The van der Waals surface area contributed by atoms with Gasteiger partial charge in [-0.15, -0.1) is 5.06 Å². The number of rotatable bonds is 8. The highest BCUT2D eigenvalue weighted by molar-refractivity contribution is 6.02. The monoisotopic (exact) mass is 427 g/mol. The number of nitrogens with zero attached hydrogens (tertiary/aromatic N) is 3. The summed E-state index contributed by atoms with van der Waals surface area (Å²) < 4.78 is 0. The van der Waals surface area contributed by atoms with Crippen molar-refractivity contribution in [3.8, 4) is 0 Å². The van der Waals surface area contributed by atoms with E-state index in [4.69, 9.17) is 4.84 Å². The van der Waals surface area contributed by atoms with Gasteiger partial charge >= 0.3 is 6.09 Å². The van der Waals surface area contributed by atoms with Crippen LogP contribution in [-0.4, -0.2) is 64.9 Å². The van der Waals surface area contributed by atoms with E-state index < -0.39 is 17.9 Å². The Balaban J connectivity index is 1.64. The van der Waals surface area contributed by atoms with Crippen LogP contribution in [-0.2, 0) is 14.4 Å². The molecule has 1 aliphatic heterocycles. The van der Waals surface area contributed by atoms with E-state index in [0.717, 1.165) is 19.6 Å². The Kier molecular flexibility index (Phi) is 7.14. The first-order valence-electron chi connectivity index (χ1n) is 10.2. The molecule has 0 atom stereocenters. The number of carbonyl (C=O) groups excluding carboxylic acids is 4. The predicted molar refractivity (Wildman–Crippen MR) is 113 cm³/mol. The molecule has 3 rings (SSSR count). The van der Waals surface area contributed by atoms with Crippen molar-refractivity contribution in [2.45, 2.75) is 26.7 Å². The fraction of sp³-hybridized carbons (Fsp3) is 0.381. The van der Waals surface area contributed by atoms with Crippen molar-refractivity contribution in [1.82, 2.24) is 20.3 Å². The standard InChI is InChI=1S/C21H25N5O5/c1-3-25(4-2)10-9-22-20(29)15-11-14-12-16(5-6-17(14)23-13-15)24-21(30)31-26-18(27)7-8-19(26)28/h5-6,11-13H,3-4,7-10H2,1-2H3,(H,22,29)(H,24,30). The highest BCUT2D eigenvalue weighted by atomic mass is 16.7. The van der Waals surface area contributed by atoms with Crippen molar-refractivity contribution in [2.75, 3.05) is 31.5 Å². The molecule has 1 saturated heterocycles. The SMILES string of the molecule is CCN(CC)CCNC(=O)c1cnc2ccc(NC(=O)ON3C(=O)CCC3=O)cc2c1. The lowest BCUT2D eigenvalue weighted by Gasteiger charge is -2.17. The minimum absolute atomic E-state index is 0.0213. The number of aromatic nitrogens is 1. The number of benzene rings is 1. The normalized spacial score (nSPS) is 13.7. The third-order valence-electron chi connectivity index (χ3n) is 4.98. The topological polar surface area (TPSA) is 121 Å². The number of nitrogens with one attached hydrogen (secondary N) is 2.